The van der Waals surface area contributed by atoms with Crippen LogP contribution in [0, 0.1) is 0 Å². The second-order valence-corrected chi connectivity index (χ2v) is 4.52. The Labute approximate surface area is 115 Å². The zero-order valence-corrected chi connectivity index (χ0v) is 11.9. The zero-order chi connectivity index (χ0) is 14.1. The monoisotopic (exact) mass is 261 g/mol. The van der Waals surface area contributed by atoms with Crippen LogP contribution in [0.3, 0.4) is 0 Å². The van der Waals surface area contributed by atoms with Crippen molar-refractivity contribution in [2.45, 2.75) is 13.3 Å². The maximum Gasteiger partial charge on any atom is 0.194 e. The van der Waals surface area contributed by atoms with E-state index in [1.165, 1.54) is 0 Å². The summed E-state index contributed by atoms with van der Waals surface area (Å²) in [6.07, 6.45) is 4.30. The minimum absolute atomic E-state index is 0.688. The molecule has 4 nitrogen and oxygen atoms in total. The molecule has 19 heavy (non-hydrogen) atoms. The number of nitrogens with zero attached hydrogens (tertiary/aromatic N) is 2. The number of likely N-dealkylation sites (N-methyl/N-ethyl adjacent to an activating group) is 1. The lowest BCUT2D eigenvalue weighted by atomic mass is 10.3. The van der Waals surface area contributed by atoms with Crippen molar-refractivity contribution in [3.8, 4) is 0 Å². The van der Waals surface area contributed by atoms with E-state index in [1.54, 1.807) is 6.26 Å². The van der Waals surface area contributed by atoms with Crippen molar-refractivity contribution in [1.82, 2.24) is 10.2 Å². The Kier molecular flexibility index (Phi) is 6.50. The number of hydrogen-bond donors (Lipinski definition) is 1. The Morgan fingerprint density at radius 3 is 2.95 bits per heavy atom. The van der Waals surface area contributed by atoms with Gasteiger partial charge in [-0.15, -0.1) is 6.58 Å². The van der Waals surface area contributed by atoms with Crippen LogP contribution in [0.25, 0.3) is 0 Å². The van der Waals surface area contributed by atoms with Crippen LogP contribution in [-0.2, 0) is 6.42 Å². The van der Waals surface area contributed by atoms with Gasteiger partial charge in [0.05, 0.1) is 6.26 Å². The van der Waals surface area contributed by atoms with E-state index in [-0.39, 0.29) is 0 Å². The largest absolute Gasteiger partial charge is 0.469 e. The Morgan fingerprint density at radius 2 is 2.37 bits per heavy atom. The molecule has 1 aromatic heterocycles. The van der Waals surface area contributed by atoms with Gasteiger partial charge in [-0.1, -0.05) is 18.2 Å². The highest BCUT2D eigenvalue weighted by molar-refractivity contribution is 5.80. The molecule has 0 fully saturated rings. The first-order valence-electron chi connectivity index (χ1n) is 6.40. The number of hydrogen-bond acceptors (Lipinski definition) is 2. The summed E-state index contributed by atoms with van der Waals surface area (Å²) >= 11 is 0. The molecule has 0 saturated carbocycles. The minimum atomic E-state index is 0.688. The molecular formula is C15H23N3O. The zero-order valence-electron chi connectivity index (χ0n) is 11.9. The lowest BCUT2D eigenvalue weighted by Gasteiger charge is -2.22. The Bertz CT molecular complexity index is 421. The third kappa shape index (κ3) is 5.95. The summed E-state index contributed by atoms with van der Waals surface area (Å²) in [5.41, 5.74) is 1.10. The molecule has 0 radical (unpaired) electrons. The molecule has 4 heteroatoms. The third-order valence-corrected chi connectivity index (χ3v) is 2.47. The number of guanidine groups is 1. The fraction of sp³-hybridized carbons (Fsp3) is 0.400. The van der Waals surface area contributed by atoms with E-state index in [4.69, 9.17) is 4.42 Å². The number of furan rings is 1. The van der Waals surface area contributed by atoms with Gasteiger partial charge in [-0.25, -0.2) is 0 Å². The summed E-state index contributed by atoms with van der Waals surface area (Å²) in [6, 6.07) is 3.85. The van der Waals surface area contributed by atoms with E-state index in [9.17, 15) is 0 Å². The summed E-state index contributed by atoms with van der Waals surface area (Å²) in [6.45, 7) is 11.8. The third-order valence-electron chi connectivity index (χ3n) is 2.47. The van der Waals surface area contributed by atoms with Crippen molar-refractivity contribution in [3.05, 3.63) is 49.0 Å². The fourth-order valence-corrected chi connectivity index (χ4v) is 1.68. The molecule has 0 spiro atoms. The number of nitrogens with one attached hydrogen (secondary N) is 1. The summed E-state index contributed by atoms with van der Waals surface area (Å²) in [4.78, 5) is 6.62. The van der Waals surface area contributed by atoms with Gasteiger partial charge in [0.2, 0.25) is 0 Å². The second kappa shape index (κ2) is 8.19. The highest BCUT2D eigenvalue weighted by atomic mass is 16.3. The highest BCUT2D eigenvalue weighted by Crippen LogP contribution is 2.01. The lowest BCUT2D eigenvalue weighted by molar-refractivity contribution is 0.504. The number of aliphatic imine (C=N–C) groups is 1. The summed E-state index contributed by atoms with van der Waals surface area (Å²) < 4.78 is 5.29. The fourth-order valence-electron chi connectivity index (χ4n) is 1.68. The van der Waals surface area contributed by atoms with Crippen molar-refractivity contribution < 1.29 is 4.42 Å². The van der Waals surface area contributed by atoms with Gasteiger partial charge in [-0.3, -0.25) is 4.99 Å². The van der Waals surface area contributed by atoms with Crippen molar-refractivity contribution in [3.63, 3.8) is 0 Å². The maximum absolute atomic E-state index is 5.29. The second-order valence-electron chi connectivity index (χ2n) is 4.52. The molecule has 1 heterocycles. The SMILES string of the molecule is C=CCNC(=NCCc1ccco1)N(C)CC(=C)C. The molecule has 0 amide bonds. The van der Waals surface area contributed by atoms with Gasteiger partial charge in [-0.05, 0) is 19.1 Å². The van der Waals surface area contributed by atoms with Crippen LogP contribution in [0.5, 0.6) is 0 Å². The molecular weight excluding hydrogens is 238 g/mol. The van der Waals surface area contributed by atoms with Gasteiger partial charge in [0.25, 0.3) is 0 Å². The average molecular weight is 261 g/mol. The van der Waals surface area contributed by atoms with Crippen molar-refractivity contribution >= 4 is 5.96 Å². The predicted molar refractivity (Wildman–Crippen MR) is 80.4 cm³/mol. The Hall–Kier alpha value is -1.97. The highest BCUT2D eigenvalue weighted by Gasteiger charge is 2.05. The van der Waals surface area contributed by atoms with E-state index in [0.29, 0.717) is 13.1 Å². The van der Waals surface area contributed by atoms with E-state index < -0.39 is 0 Å². The van der Waals surface area contributed by atoms with Crippen LogP contribution in [0.15, 0.2) is 52.6 Å². The molecule has 1 N–H and O–H groups in total. The van der Waals surface area contributed by atoms with E-state index in [2.05, 4.69) is 23.5 Å². The minimum Gasteiger partial charge on any atom is -0.469 e. The molecule has 0 unspecified atom stereocenters. The first kappa shape index (κ1) is 15.1. The summed E-state index contributed by atoms with van der Waals surface area (Å²) in [5, 5.41) is 3.24. The van der Waals surface area contributed by atoms with E-state index in [1.807, 2.05) is 37.1 Å². The smallest absolute Gasteiger partial charge is 0.194 e. The quantitative estimate of drug-likeness (QED) is 0.466. The number of rotatable bonds is 7. The summed E-state index contributed by atoms with van der Waals surface area (Å²) in [5.74, 6) is 1.81. The molecule has 0 aliphatic rings. The van der Waals surface area contributed by atoms with E-state index in [0.717, 1.165) is 30.3 Å². The lowest BCUT2D eigenvalue weighted by Crippen LogP contribution is -2.40. The van der Waals surface area contributed by atoms with Crippen LogP contribution in [0.4, 0.5) is 0 Å². The van der Waals surface area contributed by atoms with Crippen molar-refractivity contribution in [2.75, 3.05) is 26.7 Å². The van der Waals surface area contributed by atoms with Gasteiger partial charge in [-0.2, -0.15) is 0 Å². The van der Waals surface area contributed by atoms with Gasteiger partial charge >= 0.3 is 0 Å². The van der Waals surface area contributed by atoms with Gasteiger partial charge < -0.3 is 14.6 Å². The van der Waals surface area contributed by atoms with Gasteiger partial charge in [0, 0.05) is 33.1 Å². The normalized spacial score (nSPS) is 11.2. The Balaban J connectivity index is 2.55. The average Bonchev–Trinajstić information content (AvgIpc) is 2.85. The molecule has 0 aromatic carbocycles. The Morgan fingerprint density at radius 1 is 1.58 bits per heavy atom. The molecule has 104 valence electrons. The molecule has 0 saturated heterocycles. The van der Waals surface area contributed by atoms with Gasteiger partial charge in [0.15, 0.2) is 5.96 Å². The van der Waals surface area contributed by atoms with Crippen LogP contribution >= 0.6 is 0 Å². The molecule has 1 rings (SSSR count). The maximum atomic E-state index is 5.29. The molecule has 1 aromatic rings. The van der Waals surface area contributed by atoms with Crippen molar-refractivity contribution in [2.24, 2.45) is 4.99 Å². The topological polar surface area (TPSA) is 40.8 Å². The first-order valence-corrected chi connectivity index (χ1v) is 6.40. The molecule has 0 aliphatic heterocycles. The standard InChI is InChI=1S/C15H23N3O/c1-5-9-16-15(18(4)12-13(2)3)17-10-8-14-7-6-11-19-14/h5-7,11H,1-2,8-10,12H2,3-4H3,(H,16,17). The van der Waals surface area contributed by atoms with Crippen molar-refractivity contribution in [1.29, 1.82) is 0 Å². The molecule has 0 atom stereocenters. The first-order chi connectivity index (χ1) is 9.13. The van der Waals surface area contributed by atoms with Crippen LogP contribution in [0.1, 0.15) is 12.7 Å². The molecule has 0 aliphatic carbocycles. The predicted octanol–water partition coefficient (Wildman–Crippen LogP) is 2.46. The van der Waals surface area contributed by atoms with Crippen LogP contribution < -0.4 is 5.32 Å². The molecule has 0 bridgehead atoms. The van der Waals surface area contributed by atoms with Crippen LogP contribution in [0.2, 0.25) is 0 Å². The summed E-state index contributed by atoms with van der Waals surface area (Å²) in [7, 11) is 2.00. The van der Waals surface area contributed by atoms with Crippen LogP contribution in [-0.4, -0.2) is 37.5 Å². The van der Waals surface area contributed by atoms with E-state index >= 15 is 0 Å². The van der Waals surface area contributed by atoms with Gasteiger partial charge in [0.1, 0.15) is 5.76 Å².